The van der Waals surface area contributed by atoms with E-state index in [-0.39, 0.29) is 13.0 Å². The number of hydrogen-bond donors (Lipinski definition) is 1. The topological polar surface area (TPSA) is 34.1 Å². The second-order valence-corrected chi connectivity index (χ2v) is 4.71. The molecule has 0 unspecified atom stereocenters. The minimum atomic E-state index is -4.11. The van der Waals surface area contributed by atoms with Crippen LogP contribution < -0.4 is 10.1 Å². The third kappa shape index (κ3) is 5.92. The third-order valence-electron chi connectivity index (χ3n) is 2.81. The Kier molecular flexibility index (Phi) is 4.63. The van der Waals surface area contributed by atoms with Crippen LogP contribution in [-0.4, -0.2) is 23.8 Å². The average Bonchev–Trinajstić information content (AvgIpc) is 3.16. The molecule has 19 heavy (non-hydrogen) atoms. The molecule has 0 bridgehead atoms. The lowest BCUT2D eigenvalue weighted by molar-refractivity contribution is -0.136. The normalized spacial score (nSPS) is 15.5. The highest BCUT2D eigenvalue weighted by Crippen LogP contribution is 2.22. The highest BCUT2D eigenvalue weighted by Gasteiger charge is 2.26. The van der Waals surface area contributed by atoms with Gasteiger partial charge >= 0.3 is 6.18 Å². The molecule has 0 spiro atoms. The van der Waals surface area contributed by atoms with E-state index in [1.807, 2.05) is 0 Å². The van der Waals surface area contributed by atoms with Crippen molar-refractivity contribution >= 4 is 0 Å². The summed E-state index contributed by atoms with van der Waals surface area (Å²) < 4.78 is 41.2. The number of hydrogen-bond acceptors (Lipinski definition) is 3. The Balaban J connectivity index is 1.71. The van der Waals surface area contributed by atoms with Crippen molar-refractivity contribution in [2.24, 2.45) is 0 Å². The molecule has 0 aliphatic heterocycles. The molecule has 1 saturated carbocycles. The molecule has 0 radical (unpaired) electrons. The Morgan fingerprint density at radius 1 is 1.37 bits per heavy atom. The second kappa shape index (κ2) is 6.23. The monoisotopic (exact) mass is 274 g/mol. The predicted octanol–water partition coefficient (Wildman–Crippen LogP) is 3.05. The van der Waals surface area contributed by atoms with E-state index in [1.54, 1.807) is 18.3 Å². The van der Waals surface area contributed by atoms with Crippen LogP contribution in [0.5, 0.6) is 5.75 Å². The zero-order valence-electron chi connectivity index (χ0n) is 10.5. The Morgan fingerprint density at radius 2 is 2.16 bits per heavy atom. The lowest BCUT2D eigenvalue weighted by Gasteiger charge is -2.09. The largest absolute Gasteiger partial charge is 0.493 e. The van der Waals surface area contributed by atoms with E-state index in [2.05, 4.69) is 10.3 Å². The van der Waals surface area contributed by atoms with Crippen molar-refractivity contribution in [3.8, 4) is 5.75 Å². The zero-order valence-corrected chi connectivity index (χ0v) is 10.5. The molecule has 3 nitrogen and oxygen atoms in total. The summed E-state index contributed by atoms with van der Waals surface area (Å²) in [5, 5.41) is 3.32. The van der Waals surface area contributed by atoms with Gasteiger partial charge in [0.05, 0.1) is 12.3 Å². The second-order valence-electron chi connectivity index (χ2n) is 4.71. The van der Waals surface area contributed by atoms with Gasteiger partial charge in [-0.3, -0.25) is 4.98 Å². The van der Waals surface area contributed by atoms with E-state index in [9.17, 15) is 13.2 Å². The minimum absolute atomic E-state index is 0.0263. The fourth-order valence-electron chi connectivity index (χ4n) is 1.64. The van der Waals surface area contributed by atoms with Crippen LogP contribution in [0, 0.1) is 0 Å². The highest BCUT2D eigenvalue weighted by atomic mass is 19.4. The summed E-state index contributed by atoms with van der Waals surface area (Å²) in [6, 6.07) is 4.02. The molecule has 1 N–H and O–H groups in total. The molecule has 1 fully saturated rings. The number of nitrogens with one attached hydrogen (secondary N) is 1. The van der Waals surface area contributed by atoms with Gasteiger partial charge in [-0.1, -0.05) is 0 Å². The van der Waals surface area contributed by atoms with E-state index < -0.39 is 12.6 Å². The van der Waals surface area contributed by atoms with E-state index in [4.69, 9.17) is 4.74 Å². The van der Waals surface area contributed by atoms with E-state index in [0.717, 1.165) is 5.69 Å². The molecule has 0 amide bonds. The first kappa shape index (κ1) is 14.1. The summed E-state index contributed by atoms with van der Waals surface area (Å²) in [7, 11) is 0. The number of halogens is 3. The summed E-state index contributed by atoms with van der Waals surface area (Å²) in [5.74, 6) is 0.574. The molecule has 0 saturated heterocycles. The van der Waals surface area contributed by atoms with Gasteiger partial charge in [0, 0.05) is 31.3 Å². The number of alkyl halides is 3. The van der Waals surface area contributed by atoms with Gasteiger partial charge in [0.15, 0.2) is 0 Å². The number of nitrogens with zero attached hydrogens (tertiary/aromatic N) is 1. The van der Waals surface area contributed by atoms with Gasteiger partial charge < -0.3 is 10.1 Å². The Labute approximate surface area is 110 Å². The summed E-state index contributed by atoms with van der Waals surface area (Å²) in [4.78, 5) is 4.18. The maximum absolute atomic E-state index is 12.0. The van der Waals surface area contributed by atoms with Crippen LogP contribution in [0.3, 0.4) is 0 Å². The average molecular weight is 274 g/mol. The molecule has 106 valence electrons. The van der Waals surface area contributed by atoms with Gasteiger partial charge in [-0.15, -0.1) is 0 Å². The van der Waals surface area contributed by atoms with Crippen molar-refractivity contribution in [3.05, 3.63) is 24.0 Å². The molecule has 0 atom stereocenters. The lowest BCUT2D eigenvalue weighted by Crippen LogP contribution is -2.16. The van der Waals surface area contributed by atoms with Crippen LogP contribution in [-0.2, 0) is 6.54 Å². The van der Waals surface area contributed by atoms with Crippen molar-refractivity contribution in [1.29, 1.82) is 0 Å². The Hall–Kier alpha value is -1.30. The molecule has 1 aliphatic carbocycles. The molecule has 0 aromatic carbocycles. The van der Waals surface area contributed by atoms with E-state index >= 15 is 0 Å². The first-order valence-electron chi connectivity index (χ1n) is 6.41. The first-order valence-corrected chi connectivity index (χ1v) is 6.41. The van der Waals surface area contributed by atoms with E-state index in [1.165, 1.54) is 12.8 Å². The van der Waals surface area contributed by atoms with Crippen molar-refractivity contribution < 1.29 is 17.9 Å². The molecule has 1 aromatic rings. The SMILES string of the molecule is FC(F)(F)CCCOc1ccnc(CNC2CC2)c1. The fraction of sp³-hybridized carbons (Fsp3) is 0.615. The minimum Gasteiger partial charge on any atom is -0.493 e. The summed E-state index contributed by atoms with van der Waals surface area (Å²) in [6.45, 7) is 0.740. The number of aromatic nitrogens is 1. The molecule has 1 aliphatic rings. The van der Waals surface area contributed by atoms with Crippen LogP contribution in [0.25, 0.3) is 0 Å². The molecule has 1 aromatic heterocycles. The summed E-state index contributed by atoms with van der Waals surface area (Å²) >= 11 is 0. The number of rotatable bonds is 7. The smallest absolute Gasteiger partial charge is 0.389 e. The van der Waals surface area contributed by atoms with Crippen molar-refractivity contribution in [2.75, 3.05) is 6.61 Å². The fourth-order valence-corrected chi connectivity index (χ4v) is 1.64. The molecular weight excluding hydrogens is 257 g/mol. The predicted molar refractivity (Wildman–Crippen MR) is 64.9 cm³/mol. The van der Waals surface area contributed by atoms with Crippen molar-refractivity contribution in [3.63, 3.8) is 0 Å². The van der Waals surface area contributed by atoms with Crippen molar-refractivity contribution in [2.45, 2.75) is 44.4 Å². The quantitative estimate of drug-likeness (QED) is 0.776. The Morgan fingerprint density at radius 3 is 2.84 bits per heavy atom. The van der Waals surface area contributed by atoms with Gasteiger partial charge in [-0.2, -0.15) is 13.2 Å². The third-order valence-corrected chi connectivity index (χ3v) is 2.81. The highest BCUT2D eigenvalue weighted by molar-refractivity contribution is 5.22. The maximum atomic E-state index is 12.0. The van der Waals surface area contributed by atoms with Crippen LogP contribution in [0.1, 0.15) is 31.4 Å². The number of pyridine rings is 1. The zero-order chi connectivity index (χ0) is 13.7. The molecular formula is C13H17F3N2O. The standard InChI is InChI=1S/C13H17F3N2O/c14-13(15,16)5-1-7-19-12-4-6-17-11(8-12)9-18-10-2-3-10/h4,6,8,10,18H,1-3,5,7,9H2. The van der Waals surface area contributed by atoms with Gasteiger partial charge in [0.1, 0.15) is 5.75 Å². The van der Waals surface area contributed by atoms with Gasteiger partial charge in [0.2, 0.25) is 0 Å². The Bertz CT molecular complexity index is 405. The molecule has 6 heteroatoms. The summed E-state index contributed by atoms with van der Waals surface area (Å²) in [6.07, 6.45) is -0.930. The van der Waals surface area contributed by atoms with Gasteiger partial charge in [-0.05, 0) is 25.3 Å². The molecule has 1 heterocycles. The number of ether oxygens (including phenoxy) is 1. The molecule has 2 rings (SSSR count). The van der Waals surface area contributed by atoms with Crippen LogP contribution in [0.4, 0.5) is 13.2 Å². The maximum Gasteiger partial charge on any atom is 0.389 e. The van der Waals surface area contributed by atoms with Gasteiger partial charge in [-0.25, -0.2) is 0 Å². The van der Waals surface area contributed by atoms with Crippen LogP contribution >= 0.6 is 0 Å². The van der Waals surface area contributed by atoms with Crippen LogP contribution in [0.15, 0.2) is 18.3 Å². The first-order chi connectivity index (χ1) is 9.03. The van der Waals surface area contributed by atoms with E-state index in [0.29, 0.717) is 18.3 Å². The van der Waals surface area contributed by atoms with Crippen molar-refractivity contribution in [1.82, 2.24) is 10.3 Å². The van der Waals surface area contributed by atoms with Gasteiger partial charge in [0.25, 0.3) is 0 Å². The lowest BCUT2D eigenvalue weighted by atomic mass is 10.3. The van der Waals surface area contributed by atoms with Crippen LogP contribution in [0.2, 0.25) is 0 Å². The summed E-state index contributed by atoms with van der Waals surface area (Å²) in [5.41, 5.74) is 0.847.